The maximum Gasteiger partial charge on any atom is 0.225 e. The fourth-order valence-corrected chi connectivity index (χ4v) is 3.25. The molecule has 24 heavy (non-hydrogen) atoms. The van der Waals surface area contributed by atoms with E-state index in [1.165, 1.54) is 0 Å². The Balaban J connectivity index is 1.36. The molecule has 1 saturated heterocycles. The molecular formula is C19H27N3O2. The third-order valence-corrected chi connectivity index (χ3v) is 5.05. The quantitative estimate of drug-likeness (QED) is 0.867. The van der Waals surface area contributed by atoms with Crippen LogP contribution < -0.4 is 10.2 Å². The third-order valence-electron chi connectivity index (χ3n) is 5.05. The Bertz CT molecular complexity index is 563. The fraction of sp³-hybridized carbons (Fsp3) is 0.579. The minimum absolute atomic E-state index is 0.0512. The lowest BCUT2D eigenvalue weighted by Gasteiger charge is -2.31. The van der Waals surface area contributed by atoms with E-state index in [1.807, 2.05) is 30.1 Å². The van der Waals surface area contributed by atoms with Crippen molar-refractivity contribution in [2.75, 3.05) is 38.1 Å². The predicted molar refractivity (Wildman–Crippen MR) is 94.7 cm³/mol. The summed E-state index contributed by atoms with van der Waals surface area (Å²) in [6, 6.07) is 10.2. The van der Waals surface area contributed by atoms with E-state index < -0.39 is 0 Å². The highest BCUT2D eigenvalue weighted by Gasteiger charge is 2.35. The lowest BCUT2D eigenvalue weighted by atomic mass is 9.95. The number of piperidine rings is 1. The first-order valence-electron chi connectivity index (χ1n) is 8.98. The normalized spacial score (nSPS) is 18.3. The van der Waals surface area contributed by atoms with Gasteiger partial charge in [-0.2, -0.15) is 0 Å². The molecule has 1 aliphatic carbocycles. The highest BCUT2D eigenvalue weighted by Crippen LogP contribution is 2.32. The molecule has 3 rings (SSSR count). The van der Waals surface area contributed by atoms with Gasteiger partial charge in [-0.1, -0.05) is 18.2 Å². The van der Waals surface area contributed by atoms with E-state index in [1.54, 1.807) is 0 Å². The van der Waals surface area contributed by atoms with Gasteiger partial charge in [0.1, 0.15) is 0 Å². The Morgan fingerprint density at radius 2 is 1.75 bits per heavy atom. The molecule has 2 amide bonds. The monoisotopic (exact) mass is 329 g/mol. The number of likely N-dealkylation sites (tertiary alicyclic amines) is 1. The maximum atomic E-state index is 12.3. The molecule has 1 saturated carbocycles. The van der Waals surface area contributed by atoms with Gasteiger partial charge in [0.05, 0.1) is 0 Å². The molecule has 0 atom stereocenters. The predicted octanol–water partition coefficient (Wildman–Crippen LogP) is 1.89. The summed E-state index contributed by atoms with van der Waals surface area (Å²) in [5.41, 5.74) is 1.15. The molecule has 0 aromatic heterocycles. The number of rotatable bonds is 6. The number of amides is 2. The van der Waals surface area contributed by atoms with E-state index >= 15 is 0 Å². The highest BCUT2D eigenvalue weighted by molar-refractivity contribution is 5.82. The van der Waals surface area contributed by atoms with Gasteiger partial charge in [-0.25, -0.2) is 0 Å². The third kappa shape index (κ3) is 4.28. The number of anilines is 1. The number of nitrogens with zero attached hydrogens (tertiary/aromatic N) is 2. The molecule has 1 heterocycles. The van der Waals surface area contributed by atoms with E-state index in [9.17, 15) is 9.59 Å². The average molecular weight is 329 g/mol. The number of nitrogens with one attached hydrogen (secondary N) is 1. The van der Waals surface area contributed by atoms with Crippen LogP contribution in [0.2, 0.25) is 0 Å². The van der Waals surface area contributed by atoms with Gasteiger partial charge in [0.2, 0.25) is 11.8 Å². The molecule has 1 aromatic carbocycles. The summed E-state index contributed by atoms with van der Waals surface area (Å²) >= 11 is 0. The number of likely N-dealkylation sites (N-methyl/N-ethyl adjacent to an activating group) is 1. The van der Waals surface area contributed by atoms with Crippen LogP contribution in [-0.2, 0) is 9.59 Å². The summed E-state index contributed by atoms with van der Waals surface area (Å²) < 4.78 is 0. The number of hydrogen-bond donors (Lipinski definition) is 1. The van der Waals surface area contributed by atoms with Gasteiger partial charge >= 0.3 is 0 Å². The first-order chi connectivity index (χ1) is 11.6. The summed E-state index contributed by atoms with van der Waals surface area (Å²) in [4.78, 5) is 28.4. The molecule has 130 valence electrons. The van der Waals surface area contributed by atoms with E-state index in [0.717, 1.165) is 51.0 Å². The highest BCUT2D eigenvalue weighted by atomic mass is 16.2. The smallest absolute Gasteiger partial charge is 0.225 e. The van der Waals surface area contributed by atoms with Crippen molar-refractivity contribution < 1.29 is 9.59 Å². The van der Waals surface area contributed by atoms with Crippen LogP contribution in [0.15, 0.2) is 30.3 Å². The minimum Gasteiger partial charge on any atom is -0.373 e. The minimum atomic E-state index is 0.0512. The zero-order chi connectivity index (χ0) is 16.9. The summed E-state index contributed by atoms with van der Waals surface area (Å²) in [7, 11) is 2.03. The van der Waals surface area contributed by atoms with Crippen LogP contribution in [0.4, 0.5) is 5.69 Å². The second-order valence-corrected chi connectivity index (χ2v) is 6.92. The molecule has 2 fully saturated rings. The van der Waals surface area contributed by atoms with Crippen molar-refractivity contribution >= 4 is 17.5 Å². The molecule has 1 aromatic rings. The standard InChI is InChI=1S/C19H27N3O2/c1-21(17-5-3-2-4-6-17)14-11-20-18(23)15-9-12-22(13-10-15)19(24)16-7-8-16/h2-6,15-16H,7-14H2,1H3,(H,20,23). The first kappa shape index (κ1) is 16.8. The molecule has 1 aliphatic heterocycles. The van der Waals surface area contributed by atoms with Crippen LogP contribution in [-0.4, -0.2) is 49.9 Å². The van der Waals surface area contributed by atoms with Gasteiger partial charge in [-0.3, -0.25) is 9.59 Å². The van der Waals surface area contributed by atoms with E-state index in [0.29, 0.717) is 12.5 Å². The fourth-order valence-electron chi connectivity index (χ4n) is 3.25. The molecule has 5 nitrogen and oxygen atoms in total. The molecule has 0 bridgehead atoms. The number of carbonyl (C=O) groups is 2. The Morgan fingerprint density at radius 3 is 2.38 bits per heavy atom. The number of para-hydroxylation sites is 1. The van der Waals surface area contributed by atoms with E-state index in [2.05, 4.69) is 22.3 Å². The van der Waals surface area contributed by atoms with Gasteiger partial charge in [-0.05, 0) is 37.8 Å². The van der Waals surface area contributed by atoms with E-state index in [4.69, 9.17) is 0 Å². The lowest BCUT2D eigenvalue weighted by Crippen LogP contribution is -2.44. The Morgan fingerprint density at radius 1 is 1.08 bits per heavy atom. The lowest BCUT2D eigenvalue weighted by molar-refractivity contribution is -0.136. The molecule has 1 N–H and O–H groups in total. The maximum absolute atomic E-state index is 12.3. The largest absolute Gasteiger partial charge is 0.373 e. The van der Waals surface area contributed by atoms with Crippen LogP contribution in [0.5, 0.6) is 0 Å². The summed E-state index contributed by atoms with van der Waals surface area (Å²) in [6.07, 6.45) is 3.68. The van der Waals surface area contributed by atoms with Crippen molar-refractivity contribution in [1.82, 2.24) is 10.2 Å². The summed E-state index contributed by atoms with van der Waals surface area (Å²) in [6.45, 7) is 2.90. The molecule has 0 unspecified atom stereocenters. The number of carbonyl (C=O) groups excluding carboxylic acids is 2. The molecule has 5 heteroatoms. The average Bonchev–Trinajstić information content (AvgIpc) is 3.47. The van der Waals surface area contributed by atoms with Crippen LogP contribution in [0.3, 0.4) is 0 Å². The van der Waals surface area contributed by atoms with Crippen molar-refractivity contribution in [2.45, 2.75) is 25.7 Å². The summed E-state index contributed by atoms with van der Waals surface area (Å²) in [5.74, 6) is 0.771. The topological polar surface area (TPSA) is 52.7 Å². The van der Waals surface area contributed by atoms with E-state index in [-0.39, 0.29) is 17.7 Å². The number of benzene rings is 1. The number of hydrogen-bond acceptors (Lipinski definition) is 3. The Hall–Kier alpha value is -2.04. The molecular weight excluding hydrogens is 302 g/mol. The van der Waals surface area contributed by atoms with Crippen LogP contribution in [0, 0.1) is 11.8 Å². The van der Waals surface area contributed by atoms with Crippen molar-refractivity contribution in [2.24, 2.45) is 11.8 Å². The van der Waals surface area contributed by atoms with Gasteiger partial charge in [0.25, 0.3) is 0 Å². The second-order valence-electron chi connectivity index (χ2n) is 6.92. The summed E-state index contributed by atoms with van der Waals surface area (Å²) in [5, 5.41) is 3.05. The van der Waals surface area contributed by atoms with Crippen LogP contribution in [0.25, 0.3) is 0 Å². The molecule has 0 spiro atoms. The van der Waals surface area contributed by atoms with Crippen molar-refractivity contribution in [3.8, 4) is 0 Å². The Labute approximate surface area is 144 Å². The second kappa shape index (κ2) is 7.69. The SMILES string of the molecule is CN(CCNC(=O)C1CCN(C(=O)C2CC2)CC1)c1ccccc1. The zero-order valence-corrected chi connectivity index (χ0v) is 14.4. The zero-order valence-electron chi connectivity index (χ0n) is 14.4. The van der Waals surface area contributed by atoms with Crippen molar-refractivity contribution in [3.63, 3.8) is 0 Å². The van der Waals surface area contributed by atoms with Crippen LogP contribution >= 0.6 is 0 Å². The van der Waals surface area contributed by atoms with Gasteiger partial charge < -0.3 is 15.1 Å². The molecule has 2 aliphatic rings. The first-order valence-corrected chi connectivity index (χ1v) is 8.98. The van der Waals surface area contributed by atoms with Crippen molar-refractivity contribution in [3.05, 3.63) is 30.3 Å². The van der Waals surface area contributed by atoms with Crippen LogP contribution in [0.1, 0.15) is 25.7 Å². The molecule has 0 radical (unpaired) electrons. The van der Waals surface area contributed by atoms with Gasteiger partial charge in [-0.15, -0.1) is 0 Å². The van der Waals surface area contributed by atoms with Gasteiger partial charge in [0.15, 0.2) is 0 Å². The van der Waals surface area contributed by atoms with Gasteiger partial charge in [0, 0.05) is 50.7 Å². The van der Waals surface area contributed by atoms with Crippen molar-refractivity contribution in [1.29, 1.82) is 0 Å². The Kier molecular flexibility index (Phi) is 5.38.